The van der Waals surface area contributed by atoms with Crippen molar-refractivity contribution in [3.63, 3.8) is 0 Å². The van der Waals surface area contributed by atoms with E-state index in [9.17, 15) is 42.5 Å². The van der Waals surface area contributed by atoms with Gasteiger partial charge in [0.1, 0.15) is 55.2 Å². The van der Waals surface area contributed by atoms with Crippen LogP contribution in [0, 0.1) is 6.92 Å². The van der Waals surface area contributed by atoms with Gasteiger partial charge in [0, 0.05) is 50.1 Å². The molecule has 0 aromatic carbocycles. The minimum Gasteiger partial charge on any atom is -0.396 e. The highest BCUT2D eigenvalue weighted by molar-refractivity contribution is 8.45. The van der Waals surface area contributed by atoms with Gasteiger partial charge in [-0.3, -0.25) is 65.2 Å². The number of H-pyrrole nitrogens is 2. The maximum atomic E-state index is 14.3. The van der Waals surface area contributed by atoms with Crippen LogP contribution in [0.25, 0.3) is 11.2 Å². The molecule has 3 aromatic heterocycles. The van der Waals surface area contributed by atoms with E-state index in [-0.39, 0.29) is 67.7 Å². The number of nitrogen functional groups attached to an aromatic ring is 1. The van der Waals surface area contributed by atoms with Crippen molar-refractivity contribution in [1.29, 1.82) is 0 Å². The van der Waals surface area contributed by atoms with Crippen LogP contribution in [-0.4, -0.2) is 147 Å². The molecular formula is C37H57N9O21P4S4. The van der Waals surface area contributed by atoms with Gasteiger partial charge in [0.2, 0.25) is 11.9 Å². The zero-order valence-corrected chi connectivity index (χ0v) is 47.6. The number of hydrogen-bond acceptors (Lipinski definition) is 25. The first-order chi connectivity index (χ1) is 35.2. The van der Waals surface area contributed by atoms with Crippen LogP contribution in [0.15, 0.2) is 38.7 Å². The Kier molecular flexibility index (Phi) is 20.1. The summed E-state index contributed by atoms with van der Waals surface area (Å²) in [5, 5.41) is 11.9. The zero-order chi connectivity index (χ0) is 54.8. The first-order valence-electron chi connectivity index (χ1n) is 22.7. The number of aliphatic hydroxyl groups is 1. The van der Waals surface area contributed by atoms with E-state index in [1.54, 1.807) is 25.7 Å². The third-order valence-electron chi connectivity index (χ3n) is 11.5. The summed E-state index contributed by atoms with van der Waals surface area (Å²) in [7, 11) is 1.24. The molecule has 4 aliphatic rings. The monoisotopic (exact) mass is 1220 g/mol. The van der Waals surface area contributed by atoms with Crippen LogP contribution in [-0.2, 0) is 78.2 Å². The minimum atomic E-state index is -4.56. The second-order valence-electron chi connectivity index (χ2n) is 17.4. The average molecular weight is 1220 g/mol. The molecule has 3 fully saturated rings. The fourth-order valence-electron chi connectivity index (χ4n) is 8.14. The highest BCUT2D eigenvalue weighted by Gasteiger charge is 2.52. The number of carbonyl (C=O) groups is 1. The third-order valence-corrected chi connectivity index (χ3v) is 18.2. The van der Waals surface area contributed by atoms with Gasteiger partial charge in [0.15, 0.2) is 17.4 Å². The van der Waals surface area contributed by atoms with Gasteiger partial charge in [-0.15, -0.1) is 0 Å². The maximum absolute atomic E-state index is 14.3. The second-order valence-corrected chi connectivity index (χ2v) is 28.9. The van der Waals surface area contributed by atoms with Crippen molar-refractivity contribution < 1.29 is 83.3 Å². The predicted octanol–water partition coefficient (Wildman–Crippen LogP) is 3.35. The standard InChI is InChI=1S/C37H57N9O21P4S4/c1-18(2)64-69(53,73)58-14-24-22(10-27(62-24)46-17-39-28-31(46)41-36(38)42-34(28)50)66-70(54,74)59-13-23-21(9-26(61-23)44-11-19(3)32(48)40-16-44)65-71(55,75)60-15-25-29(67-68(52,72)57-8-6-7-47)30(56-5)35(63-25)45-12-20(4)33(49)43-37(45)51/h11-12,17-18,21-27,29-30,35,47H,6-10,13-16H2,1-5H3,(H,40,48)(H,52,72)(H,53,73)(H,54,74)(H,55,75)(H,43,49,51)(H3,38,41,42,50)/t21?,22?,23-,24-,25-,26-,27-,29?,30?,35-,68?,69?,70?,71?/m1/s1. The molecule has 75 heavy (non-hydrogen) atoms. The van der Waals surface area contributed by atoms with Crippen LogP contribution in [0.2, 0.25) is 0 Å². The number of thiol groups is 4. The largest absolute Gasteiger partial charge is 0.396 e. The summed E-state index contributed by atoms with van der Waals surface area (Å²) in [5.41, 5.74) is 4.07. The molecule has 3 saturated heterocycles. The molecule has 3 aromatic rings. The van der Waals surface area contributed by atoms with E-state index in [2.05, 4.69) is 74.2 Å². The fourth-order valence-corrected chi connectivity index (χ4v) is 14.4. The lowest BCUT2D eigenvalue weighted by atomic mass is 10.1. The number of nitrogens with zero attached hydrogens (tertiary/aromatic N) is 5. The Labute approximate surface area is 447 Å². The van der Waals surface area contributed by atoms with E-state index in [0.29, 0.717) is 5.57 Å². The van der Waals surface area contributed by atoms with E-state index in [1.807, 2.05) is 0 Å². The molecule has 1 amide bonds. The number of aliphatic hydroxyl groups excluding tert-OH is 1. The minimum absolute atomic E-state index is 0.0142. The molecule has 30 nitrogen and oxygen atoms in total. The summed E-state index contributed by atoms with van der Waals surface area (Å²) < 4.78 is 127. The molecule has 7 heterocycles. The van der Waals surface area contributed by atoms with E-state index >= 15 is 0 Å². The topological polar surface area (TPSA) is 376 Å². The Morgan fingerprint density at radius 1 is 0.800 bits per heavy atom. The molecule has 0 radical (unpaired) electrons. The van der Waals surface area contributed by atoms with Gasteiger partial charge in [-0.25, -0.2) is 28.0 Å². The molecular weight excluding hydrogens is 1160 g/mol. The number of aryl methyl sites for hydroxylation is 1. The molecule has 0 spiro atoms. The molecule has 38 heteroatoms. The van der Waals surface area contributed by atoms with E-state index in [1.165, 1.54) is 37.3 Å². The normalized spacial score (nSPS) is 29.5. The Hall–Kier alpha value is -2.36. The number of amides is 1. The number of anilines is 1. The highest BCUT2D eigenvalue weighted by Crippen LogP contribution is 2.61. The lowest BCUT2D eigenvalue weighted by Crippen LogP contribution is -2.45. The van der Waals surface area contributed by atoms with E-state index in [4.69, 9.17) is 60.9 Å². The van der Waals surface area contributed by atoms with Crippen molar-refractivity contribution in [2.24, 2.45) is 0 Å². The number of nitrogens with two attached hydrogens (primary N) is 1. The van der Waals surface area contributed by atoms with Crippen LogP contribution in [0.1, 0.15) is 58.1 Å². The Morgan fingerprint density at radius 3 is 2.01 bits per heavy atom. The van der Waals surface area contributed by atoms with Crippen LogP contribution in [0.4, 0.5) is 5.95 Å². The Bertz CT molecular complexity index is 2970. The van der Waals surface area contributed by atoms with Gasteiger partial charge >= 0.3 is 32.9 Å². The summed E-state index contributed by atoms with van der Waals surface area (Å²) in [4.78, 5) is 64.6. The maximum Gasteiger partial charge on any atom is 0.386 e. The molecule has 4 aliphatic heterocycles. The fraction of sp³-hybridized carbons (Fsp3) is 0.676. The summed E-state index contributed by atoms with van der Waals surface area (Å²) in [5.74, 6) is -0.538. The van der Waals surface area contributed by atoms with Gasteiger partial charge in [-0.1, -0.05) is 49.0 Å². The number of nitrogens with one attached hydrogen (secondary N) is 3. The van der Waals surface area contributed by atoms with Crippen LogP contribution in [0.3, 0.4) is 0 Å². The van der Waals surface area contributed by atoms with Gasteiger partial charge in [0.05, 0.1) is 45.5 Å². The van der Waals surface area contributed by atoms with Gasteiger partial charge in [0.25, 0.3) is 11.1 Å². The SMILES string of the molecule is COC1C(OP(=O)(S)OCCCO)[C@@H](COP(=O)(S)OC2C[C@H](N3C=C(C)C(=O)NC3)O[C@@H]2COP(=O)(S)OC2C[C@H](n3cnc4c(=O)[nH]c(N)nc43)O[C@@H]2COP(=O)(S)OC(C)C)O[C@H]1n1cc(C)c(=O)[nH]c1=O. The van der Waals surface area contributed by atoms with Crippen LogP contribution < -0.4 is 27.9 Å². The number of imidazole rings is 1. The van der Waals surface area contributed by atoms with E-state index < -0.39 is 131 Å². The number of rotatable bonds is 25. The molecule has 420 valence electrons. The predicted molar refractivity (Wildman–Crippen MR) is 276 cm³/mol. The first kappa shape index (κ1) is 60.3. The number of methoxy groups -OCH3 is 1. The quantitative estimate of drug-likeness (QED) is 0.0334. The van der Waals surface area contributed by atoms with Crippen molar-refractivity contribution in [3.8, 4) is 0 Å². The van der Waals surface area contributed by atoms with Gasteiger partial charge in [-0.05, 0) is 34.1 Å². The smallest absolute Gasteiger partial charge is 0.386 e. The van der Waals surface area contributed by atoms with Crippen molar-refractivity contribution in [2.45, 2.75) is 114 Å². The first-order valence-corrected chi connectivity index (χ1v) is 33.5. The number of fused-ring (bicyclic) bond motifs is 1. The summed E-state index contributed by atoms with van der Waals surface area (Å²) in [6.45, 7) is -13.4. The number of aromatic amines is 2. The molecule has 8 unspecified atom stereocenters. The lowest BCUT2D eigenvalue weighted by molar-refractivity contribution is -0.120. The molecule has 14 atom stereocenters. The number of ether oxygens (including phenoxy) is 4. The summed E-state index contributed by atoms with van der Waals surface area (Å²) >= 11 is 16.6. The van der Waals surface area contributed by atoms with Gasteiger partial charge < -0.3 is 44.5 Å². The zero-order valence-electron chi connectivity index (χ0n) is 40.5. The lowest BCUT2D eigenvalue weighted by Gasteiger charge is -2.31. The molecule has 6 N–H and O–H groups in total. The number of carbonyl (C=O) groups excluding carboxylic acids is 1. The highest BCUT2D eigenvalue weighted by atomic mass is 32.7. The number of hydrogen-bond donors (Lipinski definition) is 9. The van der Waals surface area contributed by atoms with E-state index in [0.717, 1.165) is 4.57 Å². The van der Waals surface area contributed by atoms with Crippen LogP contribution in [0.5, 0.6) is 0 Å². The number of aromatic nitrogens is 6. The Balaban J connectivity index is 1.09. The van der Waals surface area contributed by atoms with Gasteiger partial charge in [-0.2, -0.15) is 4.98 Å². The molecule has 0 saturated carbocycles. The summed E-state index contributed by atoms with van der Waals surface area (Å²) in [6, 6.07) is 0. The van der Waals surface area contributed by atoms with Crippen molar-refractivity contribution in [3.05, 3.63) is 61.1 Å². The van der Waals surface area contributed by atoms with Crippen molar-refractivity contribution in [1.82, 2.24) is 39.3 Å². The summed E-state index contributed by atoms with van der Waals surface area (Å²) in [6.07, 6.45) is -8.81. The average Bonchev–Trinajstić information content (AvgIpc) is 4.10. The van der Waals surface area contributed by atoms with Crippen molar-refractivity contribution >= 4 is 99.2 Å². The molecule has 7 rings (SSSR count). The molecule has 0 bridgehead atoms. The third kappa shape index (κ3) is 15.5. The van der Waals surface area contributed by atoms with Crippen LogP contribution >= 0.6 is 76.2 Å². The molecule has 0 aliphatic carbocycles. The Morgan fingerprint density at radius 2 is 1.40 bits per heavy atom. The van der Waals surface area contributed by atoms with Crippen molar-refractivity contribution in [2.75, 3.05) is 52.5 Å². The second kappa shape index (κ2) is 25.0.